The summed E-state index contributed by atoms with van der Waals surface area (Å²) in [5.74, 6) is -3.28. The van der Waals surface area contributed by atoms with Gasteiger partial charge in [0.15, 0.2) is 0 Å². The molecular formula is C31H35F2N3O3. The molecule has 6 nitrogen and oxygen atoms in total. The van der Waals surface area contributed by atoms with E-state index in [2.05, 4.69) is 12.2 Å². The van der Waals surface area contributed by atoms with E-state index >= 15 is 0 Å². The van der Waals surface area contributed by atoms with Crippen LogP contribution in [-0.2, 0) is 27.2 Å². The highest BCUT2D eigenvalue weighted by atomic mass is 19.1. The number of hydrogen-bond acceptors (Lipinski definition) is 4. The molecule has 0 saturated heterocycles. The Kier molecular flexibility index (Phi) is 9.56. The van der Waals surface area contributed by atoms with E-state index in [-0.39, 0.29) is 18.5 Å². The van der Waals surface area contributed by atoms with Crippen molar-refractivity contribution in [2.24, 2.45) is 0 Å². The summed E-state index contributed by atoms with van der Waals surface area (Å²) in [5.41, 5.74) is 2.09. The Bertz CT molecular complexity index is 1280. The number of aryl methyl sites for hydroxylation is 1. The standard InChI is InChI=1S/C31H35F2N3O3/c1-6-22-12-14-26(15-13-22)35(31(3,4)5)20-29(38)36(27-10-8-7-9-11-27)30(39)21(2)34-28(37)18-23-16-24(32)19-25(33)17-23/h7-17,19,21H,6,18,20H2,1-5H3,(H,34,37)/t21-/m0/s1. The summed E-state index contributed by atoms with van der Waals surface area (Å²) in [6.07, 6.45) is 0.569. The molecule has 0 aromatic heterocycles. The van der Waals surface area contributed by atoms with Crippen molar-refractivity contribution in [2.75, 3.05) is 16.3 Å². The molecule has 1 atom stereocenters. The largest absolute Gasteiger partial charge is 0.357 e. The number of para-hydroxylation sites is 1. The first-order chi connectivity index (χ1) is 18.4. The number of amides is 3. The second-order valence-corrected chi connectivity index (χ2v) is 10.4. The second-order valence-electron chi connectivity index (χ2n) is 10.4. The van der Waals surface area contributed by atoms with Crippen molar-refractivity contribution in [3.8, 4) is 0 Å². The van der Waals surface area contributed by atoms with E-state index in [0.717, 1.165) is 35.2 Å². The Labute approximate surface area is 228 Å². The maximum atomic E-state index is 13.8. The molecule has 3 rings (SSSR count). The van der Waals surface area contributed by atoms with E-state index in [4.69, 9.17) is 0 Å². The van der Waals surface area contributed by atoms with Gasteiger partial charge in [0.1, 0.15) is 17.7 Å². The molecule has 1 N–H and O–H groups in total. The molecule has 8 heteroatoms. The van der Waals surface area contributed by atoms with Crippen LogP contribution in [0, 0.1) is 11.6 Å². The van der Waals surface area contributed by atoms with Crippen LogP contribution in [0.15, 0.2) is 72.8 Å². The Morgan fingerprint density at radius 1 is 0.846 bits per heavy atom. The number of rotatable bonds is 9. The first-order valence-corrected chi connectivity index (χ1v) is 12.9. The molecule has 3 aromatic carbocycles. The highest BCUT2D eigenvalue weighted by molar-refractivity contribution is 6.18. The van der Waals surface area contributed by atoms with Crippen molar-refractivity contribution >= 4 is 29.1 Å². The maximum Gasteiger partial charge on any atom is 0.256 e. The van der Waals surface area contributed by atoms with Crippen molar-refractivity contribution in [1.82, 2.24) is 5.32 Å². The van der Waals surface area contributed by atoms with Crippen LogP contribution in [0.3, 0.4) is 0 Å². The molecule has 0 unspecified atom stereocenters. The van der Waals surface area contributed by atoms with Gasteiger partial charge in [-0.2, -0.15) is 0 Å². The highest BCUT2D eigenvalue weighted by Crippen LogP contribution is 2.26. The summed E-state index contributed by atoms with van der Waals surface area (Å²) in [6.45, 7) is 9.42. The third kappa shape index (κ3) is 7.96. The minimum absolute atomic E-state index is 0.0845. The van der Waals surface area contributed by atoms with Crippen LogP contribution in [0.5, 0.6) is 0 Å². The fourth-order valence-electron chi connectivity index (χ4n) is 4.25. The molecule has 0 aliphatic heterocycles. The van der Waals surface area contributed by atoms with Gasteiger partial charge >= 0.3 is 0 Å². The number of hydrogen-bond donors (Lipinski definition) is 1. The van der Waals surface area contributed by atoms with Gasteiger partial charge in [0, 0.05) is 17.3 Å². The normalized spacial score (nSPS) is 12.0. The molecule has 0 saturated carbocycles. The van der Waals surface area contributed by atoms with Gasteiger partial charge in [0.05, 0.1) is 18.7 Å². The molecule has 0 bridgehead atoms. The lowest BCUT2D eigenvalue weighted by atomic mass is 10.0. The zero-order valence-corrected chi connectivity index (χ0v) is 23.0. The number of halogens is 2. The molecule has 0 aliphatic carbocycles. The number of carbonyl (C=O) groups is 3. The zero-order chi connectivity index (χ0) is 28.7. The van der Waals surface area contributed by atoms with Crippen LogP contribution in [-0.4, -0.2) is 35.8 Å². The predicted molar refractivity (Wildman–Crippen MR) is 150 cm³/mol. The molecule has 0 fully saturated rings. The van der Waals surface area contributed by atoms with Gasteiger partial charge in [0.25, 0.3) is 11.8 Å². The van der Waals surface area contributed by atoms with Crippen molar-refractivity contribution in [3.05, 3.63) is 95.6 Å². The number of benzene rings is 3. The first-order valence-electron chi connectivity index (χ1n) is 12.9. The Morgan fingerprint density at radius 3 is 1.97 bits per heavy atom. The van der Waals surface area contributed by atoms with Gasteiger partial charge in [-0.25, -0.2) is 13.7 Å². The van der Waals surface area contributed by atoms with Gasteiger partial charge in [-0.05, 0) is 81.6 Å². The monoisotopic (exact) mass is 535 g/mol. The topological polar surface area (TPSA) is 69.7 Å². The van der Waals surface area contributed by atoms with Gasteiger partial charge < -0.3 is 10.2 Å². The quantitative estimate of drug-likeness (QED) is 0.396. The molecule has 0 heterocycles. The molecule has 3 aromatic rings. The minimum atomic E-state index is -1.08. The van der Waals surface area contributed by atoms with Crippen molar-refractivity contribution in [3.63, 3.8) is 0 Å². The van der Waals surface area contributed by atoms with E-state index in [1.807, 2.05) is 49.9 Å². The fraction of sp³-hybridized carbons (Fsp3) is 0.323. The molecule has 0 spiro atoms. The molecule has 0 aliphatic rings. The summed E-state index contributed by atoms with van der Waals surface area (Å²) >= 11 is 0. The lowest BCUT2D eigenvalue weighted by Crippen LogP contribution is -2.54. The van der Waals surface area contributed by atoms with E-state index in [1.165, 1.54) is 12.5 Å². The predicted octanol–water partition coefficient (Wildman–Crippen LogP) is 5.44. The van der Waals surface area contributed by atoms with Gasteiger partial charge in [-0.3, -0.25) is 14.4 Å². The maximum absolute atomic E-state index is 13.8. The Balaban J connectivity index is 1.83. The first kappa shape index (κ1) is 29.5. The third-order valence-electron chi connectivity index (χ3n) is 6.28. The van der Waals surface area contributed by atoms with Crippen LogP contribution >= 0.6 is 0 Å². The van der Waals surface area contributed by atoms with Crippen LogP contribution in [0.4, 0.5) is 20.2 Å². The Morgan fingerprint density at radius 2 is 1.44 bits per heavy atom. The SMILES string of the molecule is CCc1ccc(N(CC(=O)N(C(=O)[C@H](C)NC(=O)Cc2cc(F)cc(F)c2)c2ccccc2)C(C)(C)C)cc1. The molecular weight excluding hydrogens is 500 g/mol. The molecule has 3 amide bonds. The Hall–Kier alpha value is -4.07. The third-order valence-corrected chi connectivity index (χ3v) is 6.28. The van der Waals surface area contributed by atoms with Crippen LogP contribution in [0.25, 0.3) is 0 Å². The van der Waals surface area contributed by atoms with Gasteiger partial charge in [-0.15, -0.1) is 0 Å². The summed E-state index contributed by atoms with van der Waals surface area (Å²) < 4.78 is 27.1. The van der Waals surface area contributed by atoms with E-state index < -0.39 is 40.9 Å². The average molecular weight is 536 g/mol. The average Bonchev–Trinajstić information content (AvgIpc) is 2.86. The van der Waals surface area contributed by atoms with Crippen molar-refractivity contribution < 1.29 is 23.2 Å². The molecule has 39 heavy (non-hydrogen) atoms. The summed E-state index contributed by atoms with van der Waals surface area (Å²) in [5, 5.41) is 2.56. The number of imide groups is 1. The number of nitrogens with zero attached hydrogens (tertiary/aromatic N) is 2. The lowest BCUT2D eigenvalue weighted by molar-refractivity contribution is -0.130. The number of anilines is 2. The van der Waals surface area contributed by atoms with E-state index in [9.17, 15) is 23.2 Å². The highest BCUT2D eigenvalue weighted by Gasteiger charge is 2.32. The summed E-state index contributed by atoms with van der Waals surface area (Å²) in [4.78, 5) is 43.0. The van der Waals surface area contributed by atoms with Crippen LogP contribution < -0.4 is 15.1 Å². The van der Waals surface area contributed by atoms with Crippen LogP contribution in [0.1, 0.15) is 45.7 Å². The fourth-order valence-corrected chi connectivity index (χ4v) is 4.25. The van der Waals surface area contributed by atoms with Crippen molar-refractivity contribution in [2.45, 2.75) is 59.0 Å². The van der Waals surface area contributed by atoms with Gasteiger partial charge in [-0.1, -0.05) is 37.3 Å². The van der Waals surface area contributed by atoms with Gasteiger partial charge in [0.2, 0.25) is 5.91 Å². The summed E-state index contributed by atoms with van der Waals surface area (Å²) in [7, 11) is 0. The van der Waals surface area contributed by atoms with E-state index in [1.54, 1.807) is 30.3 Å². The zero-order valence-electron chi connectivity index (χ0n) is 23.0. The number of carbonyl (C=O) groups excluding carboxylic acids is 3. The smallest absolute Gasteiger partial charge is 0.256 e. The lowest BCUT2D eigenvalue weighted by Gasteiger charge is -2.38. The molecule has 0 radical (unpaired) electrons. The second kappa shape index (κ2) is 12.7. The minimum Gasteiger partial charge on any atom is -0.357 e. The summed E-state index contributed by atoms with van der Waals surface area (Å²) in [6, 6.07) is 18.2. The van der Waals surface area contributed by atoms with Crippen LogP contribution in [0.2, 0.25) is 0 Å². The molecule has 206 valence electrons. The number of nitrogens with one attached hydrogen (secondary N) is 1. The van der Waals surface area contributed by atoms with Crippen molar-refractivity contribution in [1.29, 1.82) is 0 Å². The van der Waals surface area contributed by atoms with E-state index in [0.29, 0.717) is 5.69 Å².